The Bertz CT molecular complexity index is 533. The van der Waals surface area contributed by atoms with Crippen molar-refractivity contribution in [1.82, 2.24) is 20.3 Å². The van der Waals surface area contributed by atoms with Crippen LogP contribution in [0.3, 0.4) is 0 Å². The van der Waals surface area contributed by atoms with Crippen LogP contribution in [0, 0.1) is 11.7 Å². The summed E-state index contributed by atoms with van der Waals surface area (Å²) in [6.45, 7) is 1.72. The normalized spacial score (nSPS) is 14.9. The molecule has 0 saturated heterocycles. The highest BCUT2D eigenvalue weighted by molar-refractivity contribution is 5.32. The highest BCUT2D eigenvalue weighted by atomic mass is 19.1. The van der Waals surface area contributed by atoms with E-state index in [0.29, 0.717) is 12.2 Å². The summed E-state index contributed by atoms with van der Waals surface area (Å²) in [5.74, 6) is 0.548. The third kappa shape index (κ3) is 2.56. The van der Waals surface area contributed by atoms with Crippen molar-refractivity contribution >= 4 is 0 Å². The first-order valence-electron chi connectivity index (χ1n) is 6.20. The summed E-state index contributed by atoms with van der Waals surface area (Å²) in [6, 6.07) is 6.55. The first kappa shape index (κ1) is 11.3. The lowest BCUT2D eigenvalue weighted by atomic mass is 10.3. The molecule has 1 N–H and O–H groups in total. The van der Waals surface area contributed by atoms with Gasteiger partial charge in [0.1, 0.15) is 11.5 Å². The van der Waals surface area contributed by atoms with E-state index in [4.69, 9.17) is 0 Å². The van der Waals surface area contributed by atoms with Crippen LogP contribution in [-0.4, -0.2) is 21.5 Å². The average Bonchev–Trinajstić information content (AvgIpc) is 3.08. The molecule has 1 saturated carbocycles. The van der Waals surface area contributed by atoms with Gasteiger partial charge in [-0.05, 0) is 37.4 Å². The maximum Gasteiger partial charge on any atom is 0.148 e. The van der Waals surface area contributed by atoms with Crippen molar-refractivity contribution in [2.24, 2.45) is 5.92 Å². The standard InChI is InChI=1S/C13H15FN4/c14-12-3-1-2-4-13(12)18-9-11(16-17-18)8-15-7-10-5-6-10/h1-4,9-10,15H,5-8H2. The van der Waals surface area contributed by atoms with Crippen LogP contribution in [-0.2, 0) is 6.54 Å². The topological polar surface area (TPSA) is 42.7 Å². The highest BCUT2D eigenvalue weighted by Crippen LogP contribution is 2.27. The first-order valence-corrected chi connectivity index (χ1v) is 6.20. The number of rotatable bonds is 5. The van der Waals surface area contributed by atoms with E-state index in [1.165, 1.54) is 23.6 Å². The molecule has 18 heavy (non-hydrogen) atoms. The van der Waals surface area contributed by atoms with Gasteiger partial charge in [-0.25, -0.2) is 9.07 Å². The van der Waals surface area contributed by atoms with Crippen LogP contribution < -0.4 is 5.32 Å². The Hall–Kier alpha value is -1.75. The van der Waals surface area contributed by atoms with Crippen LogP contribution >= 0.6 is 0 Å². The number of hydrogen-bond donors (Lipinski definition) is 1. The molecule has 5 heteroatoms. The van der Waals surface area contributed by atoms with E-state index in [2.05, 4.69) is 15.6 Å². The Morgan fingerprint density at radius 2 is 2.17 bits per heavy atom. The van der Waals surface area contributed by atoms with Gasteiger partial charge in [0.05, 0.1) is 11.9 Å². The molecule has 3 rings (SSSR count). The molecule has 0 radical (unpaired) electrons. The van der Waals surface area contributed by atoms with Gasteiger partial charge in [0.25, 0.3) is 0 Å². The van der Waals surface area contributed by atoms with Gasteiger partial charge in [0, 0.05) is 6.54 Å². The van der Waals surface area contributed by atoms with Crippen molar-refractivity contribution in [1.29, 1.82) is 0 Å². The lowest BCUT2D eigenvalue weighted by molar-refractivity contribution is 0.607. The molecule has 2 aromatic rings. The van der Waals surface area contributed by atoms with Crippen molar-refractivity contribution in [2.45, 2.75) is 19.4 Å². The van der Waals surface area contributed by atoms with Crippen LogP contribution in [0.15, 0.2) is 30.5 Å². The zero-order chi connectivity index (χ0) is 12.4. The summed E-state index contributed by atoms with van der Waals surface area (Å²) in [5.41, 5.74) is 1.26. The number of hydrogen-bond acceptors (Lipinski definition) is 3. The molecular formula is C13H15FN4. The van der Waals surface area contributed by atoms with Gasteiger partial charge in [-0.1, -0.05) is 17.3 Å². The van der Waals surface area contributed by atoms with Crippen LogP contribution in [0.5, 0.6) is 0 Å². The van der Waals surface area contributed by atoms with Gasteiger partial charge < -0.3 is 5.32 Å². The molecule has 1 aromatic carbocycles. The fourth-order valence-electron chi connectivity index (χ4n) is 1.86. The quantitative estimate of drug-likeness (QED) is 0.876. The summed E-state index contributed by atoms with van der Waals surface area (Å²) in [6.07, 6.45) is 4.42. The molecule has 1 aromatic heterocycles. The second-order valence-corrected chi connectivity index (χ2v) is 4.68. The van der Waals surface area contributed by atoms with E-state index in [9.17, 15) is 4.39 Å². The van der Waals surface area contributed by atoms with E-state index in [-0.39, 0.29) is 5.82 Å². The summed E-state index contributed by atoms with van der Waals surface area (Å²) >= 11 is 0. The number of benzene rings is 1. The lowest BCUT2D eigenvalue weighted by Crippen LogP contribution is -2.16. The maximum absolute atomic E-state index is 13.5. The van der Waals surface area contributed by atoms with Gasteiger partial charge in [-0.3, -0.25) is 0 Å². The van der Waals surface area contributed by atoms with Gasteiger partial charge in [0.2, 0.25) is 0 Å². The molecule has 0 aliphatic heterocycles. The second kappa shape index (κ2) is 4.86. The number of aromatic nitrogens is 3. The van der Waals surface area contributed by atoms with E-state index < -0.39 is 0 Å². The van der Waals surface area contributed by atoms with Crippen molar-refractivity contribution in [3.8, 4) is 5.69 Å². The van der Waals surface area contributed by atoms with Gasteiger partial charge in [0.15, 0.2) is 0 Å². The molecule has 0 amide bonds. The van der Waals surface area contributed by atoms with Crippen molar-refractivity contribution in [2.75, 3.05) is 6.54 Å². The van der Waals surface area contributed by atoms with Crippen LogP contribution in [0.2, 0.25) is 0 Å². The summed E-state index contributed by atoms with van der Waals surface area (Å²) in [7, 11) is 0. The molecule has 0 bridgehead atoms. The fraction of sp³-hybridized carbons (Fsp3) is 0.385. The second-order valence-electron chi connectivity index (χ2n) is 4.68. The van der Waals surface area contributed by atoms with Crippen molar-refractivity contribution in [3.63, 3.8) is 0 Å². The minimum atomic E-state index is -0.292. The Balaban J connectivity index is 1.66. The molecule has 0 atom stereocenters. The number of halogens is 1. The van der Waals surface area contributed by atoms with Crippen LogP contribution in [0.4, 0.5) is 4.39 Å². The monoisotopic (exact) mass is 246 g/mol. The van der Waals surface area contributed by atoms with Crippen molar-refractivity contribution < 1.29 is 4.39 Å². The Morgan fingerprint density at radius 3 is 2.94 bits per heavy atom. The van der Waals surface area contributed by atoms with Gasteiger partial charge in [-0.2, -0.15) is 0 Å². The SMILES string of the molecule is Fc1ccccc1-n1cc(CNCC2CC2)nn1. The zero-order valence-corrected chi connectivity index (χ0v) is 10.0. The number of nitrogens with zero attached hydrogens (tertiary/aromatic N) is 3. The molecule has 1 heterocycles. The molecule has 0 spiro atoms. The van der Waals surface area contributed by atoms with E-state index >= 15 is 0 Å². The molecule has 4 nitrogen and oxygen atoms in total. The molecule has 1 aliphatic rings. The van der Waals surface area contributed by atoms with Gasteiger partial charge >= 0.3 is 0 Å². The van der Waals surface area contributed by atoms with E-state index in [0.717, 1.165) is 18.2 Å². The maximum atomic E-state index is 13.5. The Kier molecular flexibility index (Phi) is 3.06. The highest BCUT2D eigenvalue weighted by Gasteiger charge is 2.20. The van der Waals surface area contributed by atoms with Crippen LogP contribution in [0.25, 0.3) is 5.69 Å². The lowest BCUT2D eigenvalue weighted by Gasteiger charge is -2.00. The summed E-state index contributed by atoms with van der Waals surface area (Å²) in [5, 5.41) is 11.3. The van der Waals surface area contributed by atoms with Crippen LogP contribution in [0.1, 0.15) is 18.5 Å². The number of para-hydroxylation sites is 1. The Morgan fingerprint density at radius 1 is 1.33 bits per heavy atom. The number of nitrogens with one attached hydrogen (secondary N) is 1. The average molecular weight is 246 g/mol. The molecule has 94 valence electrons. The predicted octanol–water partition coefficient (Wildman–Crippen LogP) is 1.91. The molecule has 0 unspecified atom stereocenters. The van der Waals surface area contributed by atoms with E-state index in [1.54, 1.807) is 24.4 Å². The van der Waals surface area contributed by atoms with Crippen molar-refractivity contribution in [3.05, 3.63) is 42.0 Å². The smallest absolute Gasteiger partial charge is 0.148 e. The minimum Gasteiger partial charge on any atom is -0.311 e. The Labute approximate surface area is 105 Å². The predicted molar refractivity (Wildman–Crippen MR) is 65.7 cm³/mol. The first-order chi connectivity index (χ1) is 8.83. The largest absolute Gasteiger partial charge is 0.311 e. The molecular weight excluding hydrogens is 231 g/mol. The zero-order valence-electron chi connectivity index (χ0n) is 10.0. The third-order valence-electron chi connectivity index (χ3n) is 3.08. The summed E-state index contributed by atoms with van der Waals surface area (Å²) in [4.78, 5) is 0. The van der Waals surface area contributed by atoms with Gasteiger partial charge in [-0.15, -0.1) is 5.10 Å². The minimum absolute atomic E-state index is 0.292. The van der Waals surface area contributed by atoms with E-state index in [1.807, 2.05) is 0 Å². The molecule has 1 fully saturated rings. The molecule has 1 aliphatic carbocycles. The third-order valence-corrected chi connectivity index (χ3v) is 3.08. The fourth-order valence-corrected chi connectivity index (χ4v) is 1.86. The summed E-state index contributed by atoms with van der Waals surface area (Å²) < 4.78 is 15.0.